The molecule has 22 heteroatoms. The van der Waals surface area contributed by atoms with Crippen LogP contribution in [0.4, 0.5) is 79.0 Å². The average Bonchev–Trinajstić information content (AvgIpc) is 2.47. The molecular weight excluding hydrogens is 725 g/mol. The summed E-state index contributed by atoms with van der Waals surface area (Å²) >= 11 is 1.15. The molecule has 0 atom stereocenters. The van der Waals surface area contributed by atoms with Crippen molar-refractivity contribution in [2.45, 2.75) is 74.6 Å². The van der Waals surface area contributed by atoms with Crippen molar-refractivity contribution in [3.05, 3.63) is 7.43 Å². The van der Waals surface area contributed by atoms with Crippen LogP contribution >= 0.6 is 0 Å². The van der Waals surface area contributed by atoms with Crippen molar-refractivity contribution in [2.75, 3.05) is 0 Å². The molecule has 0 aliphatic carbocycles. The van der Waals surface area contributed by atoms with E-state index in [1.807, 2.05) is 0 Å². The second-order valence-corrected chi connectivity index (χ2v) is 7.40. The molecule has 0 heterocycles. The molecule has 0 spiro atoms. The summed E-state index contributed by atoms with van der Waals surface area (Å²) in [5.74, 6) is 0. The van der Waals surface area contributed by atoms with Gasteiger partial charge < -0.3 is 17.6 Å². The van der Waals surface area contributed by atoms with Crippen molar-refractivity contribution in [1.82, 2.24) is 0 Å². The van der Waals surface area contributed by atoms with Crippen LogP contribution in [0.1, 0.15) is 20.8 Å². The molecule has 215 valence electrons. The zero-order valence-electron chi connectivity index (χ0n) is 17.1. The molecule has 0 aliphatic heterocycles. The van der Waals surface area contributed by atoms with Crippen LogP contribution in [0.2, 0.25) is 0 Å². The molecule has 0 fully saturated rings. The van der Waals surface area contributed by atoms with Crippen LogP contribution in [0.3, 0.4) is 0 Å². The zero-order valence-corrected chi connectivity index (χ0v) is 20.3. The van der Waals surface area contributed by atoms with E-state index >= 15 is 0 Å². The van der Waals surface area contributed by atoms with Crippen LogP contribution in [0, 0.1) is 7.43 Å². The number of rotatable bonds is 0. The minimum atomic E-state index is -6.87. The Morgan fingerprint density at radius 3 is 0.514 bits per heavy atom. The maximum atomic E-state index is 11.4. The van der Waals surface area contributed by atoms with Gasteiger partial charge in [0.05, 0.1) is 0 Å². The molecule has 0 aromatic carbocycles. The molecule has 0 bridgehead atoms. The molecule has 0 saturated heterocycles. The van der Waals surface area contributed by atoms with E-state index < -0.39 is 48.3 Å². The van der Waals surface area contributed by atoms with Gasteiger partial charge in [0, 0.05) is 0 Å². The van der Waals surface area contributed by atoms with Gasteiger partial charge in [0.1, 0.15) is 0 Å². The SMILES string of the molecule is CC(C)(C)[N]=[Ta].OC(C(F)(F)F)(C(F)(F)F)C(F)(F)F.OC(C(F)(F)F)(C(F)(F)F)C(F)(F)F.[CH3-]. The van der Waals surface area contributed by atoms with Crippen molar-refractivity contribution in [2.24, 2.45) is 3.34 Å². The minimum Gasteiger partial charge on any atom is -0.367 e. The van der Waals surface area contributed by atoms with Gasteiger partial charge in [-0.15, -0.1) is 0 Å². The van der Waals surface area contributed by atoms with Crippen molar-refractivity contribution < 1.29 is 110 Å². The number of hydrogen-bond acceptors (Lipinski definition) is 3. The molecule has 3 nitrogen and oxygen atoms in total. The van der Waals surface area contributed by atoms with E-state index in [2.05, 4.69) is 24.1 Å². The van der Waals surface area contributed by atoms with Crippen LogP contribution < -0.4 is 0 Å². The van der Waals surface area contributed by atoms with Crippen molar-refractivity contribution in [1.29, 1.82) is 0 Å². The van der Waals surface area contributed by atoms with Gasteiger partial charge in [-0.2, -0.15) is 79.0 Å². The van der Waals surface area contributed by atoms with E-state index in [1.54, 1.807) is 0 Å². The molecule has 0 amide bonds. The van der Waals surface area contributed by atoms with Gasteiger partial charge in [-0.25, -0.2) is 0 Å². The van der Waals surface area contributed by atoms with Crippen molar-refractivity contribution >= 4 is 0 Å². The summed E-state index contributed by atoms with van der Waals surface area (Å²) in [5, 5.41) is 15.3. The predicted molar refractivity (Wildman–Crippen MR) is 74.8 cm³/mol. The Kier molecular flexibility index (Phi) is 13.8. The summed E-state index contributed by atoms with van der Waals surface area (Å²) < 4.78 is 209. The van der Waals surface area contributed by atoms with Crippen LogP contribution in [-0.2, 0) is 20.9 Å². The van der Waals surface area contributed by atoms with Crippen molar-refractivity contribution in [3.8, 4) is 0 Å². The smallest absolute Gasteiger partial charge is 0.367 e. The van der Waals surface area contributed by atoms with Gasteiger partial charge in [0.15, 0.2) is 0 Å². The summed E-state index contributed by atoms with van der Waals surface area (Å²) in [5.41, 5.74) is -13.2. The second kappa shape index (κ2) is 11.7. The zero-order chi connectivity index (χ0) is 29.2. The van der Waals surface area contributed by atoms with Gasteiger partial charge in [-0.1, -0.05) is 0 Å². The fourth-order valence-corrected chi connectivity index (χ4v) is 0.964. The standard InChI is InChI=1S/2C4HF9O.C4H9N.CH3.Ta/c2*5-2(6,7)1(14,3(8,9)10)4(11,12)13;1-4(2,3)5;;/h2*14H;1-3H3;1H3;/q;;;-1;. The molecule has 0 aromatic heterocycles. The second-order valence-electron chi connectivity index (χ2n) is 6.68. The normalized spacial score (nSPS) is 14.6. The van der Waals surface area contributed by atoms with E-state index in [0.29, 0.717) is 0 Å². The maximum Gasteiger partial charge on any atom is 0.435 e. The Morgan fingerprint density at radius 1 is 0.429 bits per heavy atom. The quantitative estimate of drug-likeness (QED) is 0.213. The molecule has 0 rings (SSSR count). The van der Waals surface area contributed by atoms with Crippen LogP contribution in [-0.4, -0.2) is 64.0 Å². The first-order chi connectivity index (χ1) is 14.1. The number of alkyl halides is 18. The van der Waals surface area contributed by atoms with E-state index in [9.17, 15) is 79.0 Å². The third-order valence-electron chi connectivity index (χ3n) is 2.76. The molecule has 0 saturated carbocycles. The van der Waals surface area contributed by atoms with Gasteiger partial charge in [0.25, 0.3) is 0 Å². The summed E-state index contributed by atoms with van der Waals surface area (Å²) in [6.07, 6.45) is -41.2. The molecule has 0 aliphatic rings. The van der Waals surface area contributed by atoms with Crippen LogP contribution in [0.15, 0.2) is 3.34 Å². The molecule has 0 unspecified atom stereocenters. The Morgan fingerprint density at radius 2 is 0.514 bits per heavy atom. The molecular formula is C13H14F18NO2Ta-. The van der Waals surface area contributed by atoms with Gasteiger partial charge >= 0.3 is 98.8 Å². The Bertz CT molecular complexity index is 527. The molecule has 0 radical (unpaired) electrons. The third kappa shape index (κ3) is 10.2. The van der Waals surface area contributed by atoms with Gasteiger partial charge in [0.2, 0.25) is 0 Å². The van der Waals surface area contributed by atoms with E-state index in [0.717, 1.165) is 20.9 Å². The Balaban J connectivity index is -0.000000219. The Hall–Kier alpha value is -0.800. The first-order valence-corrected chi connectivity index (χ1v) is 8.71. The fourth-order valence-electron chi connectivity index (χ4n) is 0.964. The van der Waals surface area contributed by atoms with Crippen molar-refractivity contribution in [3.63, 3.8) is 0 Å². The summed E-state index contributed by atoms with van der Waals surface area (Å²) in [7, 11) is 0. The first kappa shape index (κ1) is 41.3. The van der Waals surface area contributed by atoms with E-state index in [4.69, 9.17) is 10.2 Å². The summed E-state index contributed by atoms with van der Waals surface area (Å²) in [6.45, 7) is 6.31. The number of halogens is 18. The number of nitrogens with zero attached hydrogens (tertiary/aromatic N) is 1. The maximum absolute atomic E-state index is 11.4. The molecule has 35 heavy (non-hydrogen) atoms. The van der Waals surface area contributed by atoms with Crippen LogP contribution in [0.5, 0.6) is 0 Å². The number of aliphatic hydroxyl groups is 2. The topological polar surface area (TPSA) is 52.8 Å². The first-order valence-electron chi connectivity index (χ1n) is 7.27. The fraction of sp³-hybridized carbons (Fsp3) is 0.923. The van der Waals surface area contributed by atoms with Gasteiger partial charge in [-0.05, 0) is 0 Å². The van der Waals surface area contributed by atoms with E-state index in [1.165, 1.54) is 0 Å². The molecule has 0 aromatic rings. The van der Waals surface area contributed by atoms with Crippen LogP contribution in [0.25, 0.3) is 0 Å². The summed E-state index contributed by atoms with van der Waals surface area (Å²) in [4.78, 5) is 0. The molecule has 2 N–H and O–H groups in total. The van der Waals surface area contributed by atoms with E-state index in [-0.39, 0.29) is 13.0 Å². The third-order valence-corrected chi connectivity index (χ3v) is 4.92. The number of hydrogen-bond donors (Lipinski definition) is 2. The average molecular weight is 739 g/mol. The minimum absolute atomic E-state index is 0. The summed E-state index contributed by atoms with van der Waals surface area (Å²) in [6, 6.07) is 0. The van der Waals surface area contributed by atoms with Gasteiger partial charge in [-0.3, -0.25) is 0 Å². The Labute approximate surface area is 196 Å². The predicted octanol–water partition coefficient (Wildman–Crippen LogP) is 6.77. The monoisotopic (exact) mass is 739 g/mol. The largest absolute Gasteiger partial charge is 0.435 e.